The highest BCUT2D eigenvalue weighted by molar-refractivity contribution is 6.04. The first-order valence-corrected chi connectivity index (χ1v) is 10.9. The van der Waals surface area contributed by atoms with Crippen molar-refractivity contribution in [2.75, 3.05) is 11.9 Å². The van der Waals surface area contributed by atoms with Gasteiger partial charge in [0.25, 0.3) is 11.5 Å². The molecule has 2 aromatic carbocycles. The van der Waals surface area contributed by atoms with E-state index in [9.17, 15) is 9.59 Å². The van der Waals surface area contributed by atoms with Crippen LogP contribution in [0.15, 0.2) is 53.3 Å². The SMILES string of the molecule is CCCOc1ccc(C(=O)Nc2cccc(Cc3n[nH]c(=O)c4c3CCCC4)c2)cc1. The van der Waals surface area contributed by atoms with Crippen LogP contribution < -0.4 is 15.6 Å². The zero-order valence-corrected chi connectivity index (χ0v) is 17.7. The summed E-state index contributed by atoms with van der Waals surface area (Å²) in [7, 11) is 0. The highest BCUT2D eigenvalue weighted by atomic mass is 16.5. The molecule has 4 rings (SSSR count). The fourth-order valence-corrected chi connectivity index (χ4v) is 3.95. The molecule has 1 heterocycles. The van der Waals surface area contributed by atoms with Gasteiger partial charge in [-0.1, -0.05) is 19.1 Å². The first-order chi connectivity index (χ1) is 15.1. The predicted molar refractivity (Wildman–Crippen MR) is 121 cm³/mol. The topological polar surface area (TPSA) is 84.1 Å². The van der Waals surface area contributed by atoms with Gasteiger partial charge in [0.15, 0.2) is 0 Å². The lowest BCUT2D eigenvalue weighted by atomic mass is 9.90. The Morgan fingerprint density at radius 2 is 1.87 bits per heavy atom. The summed E-state index contributed by atoms with van der Waals surface area (Å²) in [6.07, 6.45) is 5.41. The number of nitrogens with zero attached hydrogens (tertiary/aromatic N) is 1. The van der Waals surface area contributed by atoms with Gasteiger partial charge in [-0.25, -0.2) is 5.10 Å². The maximum atomic E-state index is 12.6. The van der Waals surface area contributed by atoms with Crippen LogP contribution in [0.2, 0.25) is 0 Å². The van der Waals surface area contributed by atoms with E-state index in [1.807, 2.05) is 36.4 Å². The molecule has 6 heteroatoms. The minimum Gasteiger partial charge on any atom is -0.494 e. The van der Waals surface area contributed by atoms with Crippen LogP contribution in [-0.2, 0) is 19.3 Å². The zero-order chi connectivity index (χ0) is 21.6. The Hall–Kier alpha value is -3.41. The standard InChI is InChI=1S/C25H27N3O3/c1-2-14-31-20-12-10-18(11-13-20)24(29)26-19-7-5-6-17(15-19)16-23-21-8-3-4-9-22(21)25(30)28-27-23/h5-7,10-13,15H,2-4,8-9,14,16H2,1H3,(H,26,29)(H,28,30). The van der Waals surface area contributed by atoms with Crippen molar-refractivity contribution < 1.29 is 9.53 Å². The smallest absolute Gasteiger partial charge is 0.267 e. The number of anilines is 1. The second-order valence-electron chi connectivity index (χ2n) is 7.87. The molecule has 0 atom stereocenters. The third-order valence-corrected chi connectivity index (χ3v) is 5.53. The molecule has 0 spiro atoms. The van der Waals surface area contributed by atoms with E-state index in [0.717, 1.165) is 65.9 Å². The number of H-pyrrole nitrogens is 1. The molecule has 0 fully saturated rings. The Bertz CT molecular complexity index is 1120. The molecular weight excluding hydrogens is 390 g/mol. The van der Waals surface area contributed by atoms with E-state index in [2.05, 4.69) is 22.4 Å². The Kier molecular flexibility index (Phi) is 6.46. The van der Waals surface area contributed by atoms with E-state index < -0.39 is 0 Å². The van der Waals surface area contributed by atoms with Gasteiger partial charge in [-0.15, -0.1) is 0 Å². The van der Waals surface area contributed by atoms with Gasteiger partial charge in [0.05, 0.1) is 12.3 Å². The van der Waals surface area contributed by atoms with Crippen LogP contribution in [0.25, 0.3) is 0 Å². The van der Waals surface area contributed by atoms with Gasteiger partial charge in [-0.2, -0.15) is 5.10 Å². The predicted octanol–water partition coefficient (Wildman–Crippen LogP) is 4.28. The van der Waals surface area contributed by atoms with E-state index in [1.165, 1.54) is 0 Å². The molecule has 0 radical (unpaired) electrons. The molecule has 0 bridgehead atoms. The number of rotatable bonds is 7. The number of aromatic amines is 1. The van der Waals surface area contributed by atoms with Crippen LogP contribution >= 0.6 is 0 Å². The highest BCUT2D eigenvalue weighted by Crippen LogP contribution is 2.23. The van der Waals surface area contributed by atoms with Gasteiger partial charge >= 0.3 is 0 Å². The van der Waals surface area contributed by atoms with Crippen molar-refractivity contribution in [1.29, 1.82) is 0 Å². The van der Waals surface area contributed by atoms with Crippen molar-refractivity contribution in [3.8, 4) is 5.75 Å². The molecule has 6 nitrogen and oxygen atoms in total. The molecule has 2 N–H and O–H groups in total. The first kappa shape index (κ1) is 20.8. The van der Waals surface area contributed by atoms with Crippen molar-refractivity contribution in [3.05, 3.63) is 86.8 Å². The normalized spacial score (nSPS) is 12.8. The molecule has 0 saturated carbocycles. The number of aromatic nitrogens is 2. The molecular formula is C25H27N3O3. The Balaban J connectivity index is 1.47. The van der Waals surface area contributed by atoms with Crippen molar-refractivity contribution in [3.63, 3.8) is 0 Å². The summed E-state index contributed by atoms with van der Waals surface area (Å²) in [6, 6.07) is 14.9. The van der Waals surface area contributed by atoms with Crippen LogP contribution in [0.1, 0.15) is 58.9 Å². The summed E-state index contributed by atoms with van der Waals surface area (Å²) in [6.45, 7) is 2.71. The molecule has 0 unspecified atom stereocenters. The summed E-state index contributed by atoms with van der Waals surface area (Å²) >= 11 is 0. The number of amides is 1. The van der Waals surface area contributed by atoms with Crippen LogP contribution in [-0.4, -0.2) is 22.7 Å². The molecule has 0 aliphatic heterocycles. The lowest BCUT2D eigenvalue weighted by Crippen LogP contribution is -2.23. The van der Waals surface area contributed by atoms with Crippen molar-refractivity contribution in [2.45, 2.75) is 45.4 Å². The maximum Gasteiger partial charge on any atom is 0.267 e. The van der Waals surface area contributed by atoms with Gasteiger partial charge < -0.3 is 10.1 Å². The van der Waals surface area contributed by atoms with Crippen molar-refractivity contribution in [1.82, 2.24) is 10.2 Å². The van der Waals surface area contributed by atoms with Gasteiger partial charge in [-0.3, -0.25) is 9.59 Å². The number of benzene rings is 2. The average Bonchev–Trinajstić information content (AvgIpc) is 2.80. The molecule has 1 amide bonds. The Labute approximate surface area is 181 Å². The number of carbonyl (C=O) groups excluding carboxylic acids is 1. The Morgan fingerprint density at radius 3 is 2.65 bits per heavy atom. The monoisotopic (exact) mass is 417 g/mol. The molecule has 31 heavy (non-hydrogen) atoms. The average molecular weight is 418 g/mol. The van der Waals surface area contributed by atoms with Gasteiger partial charge in [0.1, 0.15) is 5.75 Å². The summed E-state index contributed by atoms with van der Waals surface area (Å²) in [4.78, 5) is 24.7. The fourth-order valence-electron chi connectivity index (χ4n) is 3.95. The number of fused-ring (bicyclic) bond motifs is 1. The second-order valence-corrected chi connectivity index (χ2v) is 7.87. The van der Waals surface area contributed by atoms with E-state index in [4.69, 9.17) is 4.74 Å². The summed E-state index contributed by atoms with van der Waals surface area (Å²) in [5.41, 5.74) is 5.17. The second kappa shape index (κ2) is 9.60. The number of carbonyl (C=O) groups is 1. The van der Waals surface area contributed by atoms with E-state index >= 15 is 0 Å². The van der Waals surface area contributed by atoms with Crippen LogP contribution in [0.5, 0.6) is 5.75 Å². The van der Waals surface area contributed by atoms with E-state index in [-0.39, 0.29) is 11.5 Å². The third kappa shape index (κ3) is 5.02. The molecule has 1 aliphatic carbocycles. The van der Waals surface area contributed by atoms with Gasteiger partial charge in [-0.05, 0) is 79.6 Å². The van der Waals surface area contributed by atoms with Crippen molar-refractivity contribution in [2.24, 2.45) is 0 Å². The van der Waals surface area contributed by atoms with Gasteiger partial charge in [0, 0.05) is 23.2 Å². The Morgan fingerprint density at radius 1 is 1.10 bits per heavy atom. The maximum absolute atomic E-state index is 12.6. The highest BCUT2D eigenvalue weighted by Gasteiger charge is 2.18. The van der Waals surface area contributed by atoms with Crippen LogP contribution in [0.4, 0.5) is 5.69 Å². The summed E-state index contributed by atoms with van der Waals surface area (Å²) in [5, 5.41) is 9.93. The van der Waals surface area contributed by atoms with E-state index in [0.29, 0.717) is 18.6 Å². The largest absolute Gasteiger partial charge is 0.494 e. The van der Waals surface area contributed by atoms with Gasteiger partial charge in [0.2, 0.25) is 0 Å². The number of nitrogens with one attached hydrogen (secondary N) is 2. The molecule has 0 saturated heterocycles. The summed E-state index contributed by atoms with van der Waals surface area (Å²) in [5.74, 6) is 0.593. The van der Waals surface area contributed by atoms with E-state index in [1.54, 1.807) is 12.1 Å². The number of hydrogen-bond donors (Lipinski definition) is 2. The van der Waals surface area contributed by atoms with Crippen LogP contribution in [0, 0.1) is 0 Å². The zero-order valence-electron chi connectivity index (χ0n) is 17.7. The fraction of sp³-hybridized carbons (Fsp3) is 0.320. The quantitative estimate of drug-likeness (QED) is 0.601. The molecule has 1 aromatic heterocycles. The minimum absolute atomic E-state index is 0.0643. The molecule has 1 aliphatic rings. The molecule has 3 aromatic rings. The van der Waals surface area contributed by atoms with Crippen molar-refractivity contribution >= 4 is 11.6 Å². The van der Waals surface area contributed by atoms with Crippen LogP contribution in [0.3, 0.4) is 0 Å². The number of ether oxygens (including phenoxy) is 1. The first-order valence-electron chi connectivity index (χ1n) is 10.9. The lowest BCUT2D eigenvalue weighted by molar-refractivity contribution is 0.102. The lowest BCUT2D eigenvalue weighted by Gasteiger charge is -2.17. The third-order valence-electron chi connectivity index (χ3n) is 5.53. The summed E-state index contributed by atoms with van der Waals surface area (Å²) < 4.78 is 5.57. The number of hydrogen-bond acceptors (Lipinski definition) is 4. The molecule has 160 valence electrons. The minimum atomic E-state index is -0.168.